The van der Waals surface area contributed by atoms with Crippen molar-refractivity contribution in [3.05, 3.63) is 23.8 Å². The van der Waals surface area contributed by atoms with Gasteiger partial charge in [0, 0.05) is 6.54 Å². The highest BCUT2D eigenvalue weighted by Gasteiger charge is 2.30. The van der Waals surface area contributed by atoms with Gasteiger partial charge < -0.3 is 15.2 Å². The summed E-state index contributed by atoms with van der Waals surface area (Å²) in [7, 11) is 3.08. The van der Waals surface area contributed by atoms with E-state index in [1.807, 2.05) is 6.92 Å². The van der Waals surface area contributed by atoms with E-state index in [0.29, 0.717) is 23.5 Å². The average Bonchev–Trinajstić information content (AvgIpc) is 2.38. The molecule has 17 heavy (non-hydrogen) atoms. The van der Waals surface area contributed by atoms with E-state index in [2.05, 4.69) is 0 Å². The molecule has 0 aliphatic rings. The molecule has 0 heterocycles. The van der Waals surface area contributed by atoms with Crippen molar-refractivity contribution < 1.29 is 13.9 Å². The van der Waals surface area contributed by atoms with Crippen LogP contribution >= 0.6 is 0 Å². The summed E-state index contributed by atoms with van der Waals surface area (Å²) in [5.41, 5.74) is 4.59. The molecule has 3 nitrogen and oxygen atoms in total. The van der Waals surface area contributed by atoms with Gasteiger partial charge in [-0.3, -0.25) is 0 Å². The Balaban J connectivity index is 3.13. The molecular formula is C13H20FNO2. The molecule has 0 saturated heterocycles. The summed E-state index contributed by atoms with van der Waals surface area (Å²) in [4.78, 5) is 0. The molecule has 0 aliphatic carbocycles. The molecule has 1 aromatic rings. The highest BCUT2D eigenvalue weighted by atomic mass is 19.1. The van der Waals surface area contributed by atoms with E-state index in [9.17, 15) is 4.39 Å². The molecule has 0 aromatic heterocycles. The lowest BCUT2D eigenvalue weighted by atomic mass is 9.91. The van der Waals surface area contributed by atoms with E-state index in [0.717, 1.165) is 6.42 Å². The van der Waals surface area contributed by atoms with E-state index in [1.165, 1.54) is 7.11 Å². The number of ether oxygens (including phenoxy) is 2. The van der Waals surface area contributed by atoms with E-state index in [1.54, 1.807) is 25.3 Å². The minimum atomic E-state index is -1.49. The highest BCUT2D eigenvalue weighted by Crippen LogP contribution is 2.36. The van der Waals surface area contributed by atoms with Crippen LogP contribution in [-0.4, -0.2) is 20.8 Å². The lowest BCUT2D eigenvalue weighted by Crippen LogP contribution is -2.30. The zero-order valence-corrected chi connectivity index (χ0v) is 10.6. The number of halogens is 1. The van der Waals surface area contributed by atoms with Gasteiger partial charge in [-0.15, -0.1) is 0 Å². The minimum absolute atomic E-state index is 0.0314. The van der Waals surface area contributed by atoms with Gasteiger partial charge in [-0.05, 0) is 24.1 Å². The number of alkyl halides is 1. The molecule has 1 rings (SSSR count). The molecule has 96 valence electrons. The Morgan fingerprint density at radius 3 is 2.35 bits per heavy atom. The molecule has 0 spiro atoms. The van der Waals surface area contributed by atoms with Crippen molar-refractivity contribution >= 4 is 0 Å². The van der Waals surface area contributed by atoms with Gasteiger partial charge in [0.1, 0.15) is 5.67 Å². The Morgan fingerprint density at radius 2 is 1.88 bits per heavy atom. The Labute approximate surface area is 102 Å². The molecule has 1 aromatic carbocycles. The fourth-order valence-electron chi connectivity index (χ4n) is 1.88. The molecule has 0 radical (unpaired) electrons. The normalized spacial score (nSPS) is 14.2. The number of hydrogen-bond acceptors (Lipinski definition) is 3. The Morgan fingerprint density at radius 1 is 1.24 bits per heavy atom. The predicted octanol–water partition coefficient (Wildman–Crippen LogP) is 2.63. The van der Waals surface area contributed by atoms with Crippen LogP contribution in [0.1, 0.15) is 25.3 Å². The molecular weight excluding hydrogens is 221 g/mol. The monoisotopic (exact) mass is 241 g/mol. The average molecular weight is 241 g/mol. The molecule has 0 bridgehead atoms. The van der Waals surface area contributed by atoms with Gasteiger partial charge in [-0.1, -0.05) is 19.4 Å². The Kier molecular flexibility index (Phi) is 4.75. The van der Waals surface area contributed by atoms with Crippen molar-refractivity contribution in [2.75, 3.05) is 20.8 Å². The second kappa shape index (κ2) is 5.87. The van der Waals surface area contributed by atoms with Crippen LogP contribution in [0.2, 0.25) is 0 Å². The SMILES string of the molecule is CCCC(F)(CN)c1ccc(OC)c(OC)c1. The first-order valence-electron chi connectivity index (χ1n) is 5.72. The summed E-state index contributed by atoms with van der Waals surface area (Å²) in [5, 5.41) is 0. The van der Waals surface area contributed by atoms with Crippen molar-refractivity contribution in [3.8, 4) is 11.5 Å². The third-order valence-corrected chi connectivity index (χ3v) is 2.87. The number of nitrogens with two attached hydrogens (primary N) is 1. The van der Waals surface area contributed by atoms with Gasteiger partial charge in [0.05, 0.1) is 14.2 Å². The number of methoxy groups -OCH3 is 2. The quantitative estimate of drug-likeness (QED) is 0.832. The topological polar surface area (TPSA) is 44.5 Å². The van der Waals surface area contributed by atoms with Crippen LogP contribution in [0.15, 0.2) is 18.2 Å². The van der Waals surface area contributed by atoms with Crippen LogP contribution in [0.25, 0.3) is 0 Å². The molecule has 2 N–H and O–H groups in total. The molecule has 4 heteroatoms. The van der Waals surface area contributed by atoms with E-state index in [4.69, 9.17) is 15.2 Å². The summed E-state index contributed by atoms with van der Waals surface area (Å²) < 4.78 is 24.9. The van der Waals surface area contributed by atoms with Gasteiger partial charge in [0.15, 0.2) is 11.5 Å². The zero-order chi connectivity index (χ0) is 12.9. The summed E-state index contributed by atoms with van der Waals surface area (Å²) in [5.74, 6) is 1.11. The third kappa shape index (κ3) is 2.88. The van der Waals surface area contributed by atoms with Crippen LogP contribution in [0, 0.1) is 0 Å². The van der Waals surface area contributed by atoms with Crippen molar-refractivity contribution in [3.63, 3.8) is 0 Å². The minimum Gasteiger partial charge on any atom is -0.493 e. The molecule has 1 atom stereocenters. The highest BCUT2D eigenvalue weighted by molar-refractivity contribution is 5.44. The van der Waals surface area contributed by atoms with Gasteiger partial charge >= 0.3 is 0 Å². The van der Waals surface area contributed by atoms with Gasteiger partial charge in [-0.2, -0.15) is 0 Å². The molecule has 0 aliphatic heterocycles. The second-order valence-electron chi connectivity index (χ2n) is 3.99. The van der Waals surface area contributed by atoms with Crippen molar-refractivity contribution in [1.29, 1.82) is 0 Å². The Hall–Kier alpha value is -1.29. The molecule has 0 fully saturated rings. The lowest BCUT2D eigenvalue weighted by Gasteiger charge is -2.24. The van der Waals surface area contributed by atoms with Crippen molar-refractivity contribution in [2.45, 2.75) is 25.4 Å². The van der Waals surface area contributed by atoms with Crippen LogP contribution in [0.3, 0.4) is 0 Å². The van der Waals surface area contributed by atoms with Gasteiger partial charge in [0.2, 0.25) is 0 Å². The molecule has 1 unspecified atom stereocenters. The summed E-state index contributed by atoms with van der Waals surface area (Å²) >= 11 is 0. The van der Waals surface area contributed by atoms with Crippen molar-refractivity contribution in [1.82, 2.24) is 0 Å². The zero-order valence-electron chi connectivity index (χ0n) is 10.6. The fraction of sp³-hybridized carbons (Fsp3) is 0.538. The van der Waals surface area contributed by atoms with Gasteiger partial charge in [0.25, 0.3) is 0 Å². The van der Waals surface area contributed by atoms with Crippen LogP contribution in [-0.2, 0) is 5.67 Å². The van der Waals surface area contributed by atoms with Gasteiger partial charge in [-0.25, -0.2) is 4.39 Å². The van der Waals surface area contributed by atoms with Crippen LogP contribution < -0.4 is 15.2 Å². The van der Waals surface area contributed by atoms with Crippen LogP contribution in [0.5, 0.6) is 11.5 Å². The standard InChI is InChI=1S/C13H20FNO2/c1-4-7-13(14,9-15)10-5-6-11(16-2)12(8-10)17-3/h5-6,8H,4,7,9,15H2,1-3H3. The predicted molar refractivity (Wildman–Crippen MR) is 66.3 cm³/mol. The largest absolute Gasteiger partial charge is 0.493 e. The maximum absolute atomic E-state index is 14.6. The summed E-state index contributed by atoms with van der Waals surface area (Å²) in [6.45, 7) is 1.90. The second-order valence-corrected chi connectivity index (χ2v) is 3.99. The van der Waals surface area contributed by atoms with E-state index >= 15 is 0 Å². The lowest BCUT2D eigenvalue weighted by molar-refractivity contribution is 0.159. The maximum atomic E-state index is 14.6. The smallest absolute Gasteiger partial charge is 0.161 e. The summed E-state index contributed by atoms with van der Waals surface area (Å²) in [6.07, 6.45) is 1.14. The third-order valence-electron chi connectivity index (χ3n) is 2.87. The molecule has 0 amide bonds. The van der Waals surface area contributed by atoms with E-state index < -0.39 is 5.67 Å². The first-order chi connectivity index (χ1) is 8.11. The fourth-order valence-corrected chi connectivity index (χ4v) is 1.88. The first-order valence-corrected chi connectivity index (χ1v) is 5.72. The summed E-state index contributed by atoms with van der Waals surface area (Å²) in [6, 6.07) is 5.05. The van der Waals surface area contributed by atoms with E-state index in [-0.39, 0.29) is 6.54 Å². The first kappa shape index (κ1) is 13.8. The number of hydrogen-bond donors (Lipinski definition) is 1. The number of rotatable bonds is 6. The van der Waals surface area contributed by atoms with Crippen molar-refractivity contribution in [2.24, 2.45) is 5.73 Å². The maximum Gasteiger partial charge on any atom is 0.161 e. The van der Waals surface area contributed by atoms with Crippen LogP contribution in [0.4, 0.5) is 4.39 Å². The number of benzene rings is 1. The Bertz CT molecular complexity index is 370. The molecule has 0 saturated carbocycles.